The second kappa shape index (κ2) is 10.8. The Balaban J connectivity index is 1.28. The topological polar surface area (TPSA) is 156 Å². The largest absolute Gasteiger partial charge is 0.482 e. The van der Waals surface area contributed by atoms with Crippen molar-refractivity contribution in [3.8, 4) is 5.75 Å². The first kappa shape index (κ1) is 28.0. The van der Waals surface area contributed by atoms with E-state index in [1.807, 2.05) is 6.92 Å². The number of benzene rings is 1. The van der Waals surface area contributed by atoms with E-state index in [2.05, 4.69) is 38.3 Å². The average molecular weight is 566 g/mol. The molecule has 1 fully saturated rings. The van der Waals surface area contributed by atoms with Gasteiger partial charge in [0.15, 0.2) is 18.1 Å². The van der Waals surface area contributed by atoms with Gasteiger partial charge >= 0.3 is 0 Å². The van der Waals surface area contributed by atoms with Crippen molar-refractivity contribution >= 4 is 35.0 Å². The number of rotatable bonds is 7. The summed E-state index contributed by atoms with van der Waals surface area (Å²) < 4.78 is 20.9. The molecule has 41 heavy (non-hydrogen) atoms. The zero-order valence-corrected chi connectivity index (χ0v) is 23.1. The van der Waals surface area contributed by atoms with Crippen LogP contribution in [0.25, 0.3) is 5.65 Å². The van der Waals surface area contributed by atoms with E-state index in [9.17, 15) is 23.6 Å². The Kier molecular flexibility index (Phi) is 7.37. The lowest BCUT2D eigenvalue weighted by Gasteiger charge is -2.42. The second-order valence-electron chi connectivity index (χ2n) is 11.2. The summed E-state index contributed by atoms with van der Waals surface area (Å²) in [4.78, 5) is 54.3. The lowest BCUT2D eigenvalue weighted by molar-refractivity contribution is -0.132. The maximum atomic E-state index is 14.5. The summed E-state index contributed by atoms with van der Waals surface area (Å²) in [5.41, 5.74) is 0.0782. The molecule has 4 amide bonds. The van der Waals surface area contributed by atoms with Crippen molar-refractivity contribution in [2.24, 2.45) is 10.8 Å². The number of amides is 4. The Morgan fingerprint density at radius 3 is 2.59 bits per heavy atom. The maximum Gasteiger partial charge on any atom is 0.270 e. The van der Waals surface area contributed by atoms with Crippen LogP contribution in [0.1, 0.15) is 66.1 Å². The lowest BCUT2D eigenvalue weighted by atomic mass is 9.64. The van der Waals surface area contributed by atoms with Gasteiger partial charge < -0.3 is 26.0 Å². The molecule has 3 heterocycles. The van der Waals surface area contributed by atoms with Gasteiger partial charge in [-0.1, -0.05) is 19.9 Å². The van der Waals surface area contributed by atoms with Crippen molar-refractivity contribution < 1.29 is 28.3 Å². The first-order valence-electron chi connectivity index (χ1n) is 13.4. The normalized spacial score (nSPS) is 21.8. The molecule has 0 atom stereocenters. The minimum atomic E-state index is -0.771. The Labute approximate surface area is 235 Å². The maximum absolute atomic E-state index is 14.5. The molecule has 1 aromatic carbocycles. The van der Waals surface area contributed by atoms with E-state index in [1.54, 1.807) is 25.2 Å². The highest BCUT2D eigenvalue weighted by atomic mass is 19.1. The number of carbonyl (C=O) groups is 4. The molecule has 0 spiro atoms. The minimum Gasteiger partial charge on any atom is -0.482 e. The predicted octanol–water partition coefficient (Wildman–Crippen LogP) is 2.19. The van der Waals surface area contributed by atoms with Gasteiger partial charge in [-0.3, -0.25) is 19.2 Å². The molecular weight excluding hydrogens is 533 g/mol. The third kappa shape index (κ3) is 5.70. The second-order valence-corrected chi connectivity index (χ2v) is 11.2. The van der Waals surface area contributed by atoms with Gasteiger partial charge in [0.25, 0.3) is 17.7 Å². The van der Waals surface area contributed by atoms with E-state index in [-0.39, 0.29) is 47.4 Å². The molecule has 5 rings (SSSR count). The molecule has 2 aliphatic rings. The highest BCUT2D eigenvalue weighted by Crippen LogP contribution is 2.45. The molecule has 0 saturated heterocycles. The fraction of sp³-hybridized carbons (Fsp3) is 0.429. The lowest BCUT2D eigenvalue weighted by Crippen LogP contribution is -2.45. The summed E-state index contributed by atoms with van der Waals surface area (Å²) >= 11 is 0. The minimum absolute atomic E-state index is 0.0155. The number of nitrogens with one attached hydrogen (secondary N) is 4. The van der Waals surface area contributed by atoms with Gasteiger partial charge in [0.2, 0.25) is 5.91 Å². The number of carbonyl (C=O) groups excluding carboxylic acids is 4. The number of aromatic nitrogens is 3. The molecule has 12 nitrogen and oxygen atoms in total. The molecule has 3 aromatic rings. The number of halogens is 1. The van der Waals surface area contributed by atoms with E-state index in [0.717, 1.165) is 23.6 Å². The average Bonchev–Trinajstić information content (AvgIpc) is 3.35. The Morgan fingerprint density at radius 1 is 1.10 bits per heavy atom. The monoisotopic (exact) mass is 565 g/mol. The van der Waals surface area contributed by atoms with Crippen molar-refractivity contribution in [2.75, 3.05) is 25.5 Å². The third-order valence-corrected chi connectivity index (χ3v) is 8.04. The molecule has 216 valence electrons. The van der Waals surface area contributed by atoms with Gasteiger partial charge in [-0.2, -0.15) is 5.10 Å². The quantitative estimate of drug-likeness (QED) is 0.342. The zero-order valence-electron chi connectivity index (χ0n) is 23.1. The van der Waals surface area contributed by atoms with Crippen molar-refractivity contribution in [1.29, 1.82) is 0 Å². The van der Waals surface area contributed by atoms with E-state index < -0.39 is 23.0 Å². The summed E-state index contributed by atoms with van der Waals surface area (Å²) in [5, 5.41) is 15.0. The molecule has 1 aliphatic heterocycles. The van der Waals surface area contributed by atoms with Crippen molar-refractivity contribution in [3.63, 3.8) is 0 Å². The van der Waals surface area contributed by atoms with Crippen LogP contribution in [0.5, 0.6) is 5.75 Å². The van der Waals surface area contributed by atoms with Crippen molar-refractivity contribution in [2.45, 2.75) is 46.1 Å². The molecule has 0 radical (unpaired) electrons. The smallest absolute Gasteiger partial charge is 0.270 e. The first-order valence-corrected chi connectivity index (χ1v) is 13.4. The Bertz CT molecular complexity index is 1540. The number of nitrogens with zero attached hydrogens (tertiary/aromatic N) is 3. The van der Waals surface area contributed by atoms with Crippen LogP contribution in [-0.4, -0.2) is 58.4 Å². The summed E-state index contributed by atoms with van der Waals surface area (Å²) in [7, 11) is 1.63. The van der Waals surface area contributed by atoms with Crippen LogP contribution in [0.3, 0.4) is 0 Å². The van der Waals surface area contributed by atoms with E-state index >= 15 is 0 Å². The number of hydrogen-bond acceptors (Lipinski definition) is 7. The van der Waals surface area contributed by atoms with Crippen LogP contribution in [0, 0.1) is 16.6 Å². The highest BCUT2D eigenvalue weighted by Gasteiger charge is 2.41. The molecule has 0 bridgehead atoms. The fourth-order valence-electron chi connectivity index (χ4n) is 5.22. The van der Waals surface area contributed by atoms with Crippen molar-refractivity contribution in [1.82, 2.24) is 30.5 Å². The van der Waals surface area contributed by atoms with Crippen LogP contribution in [0.15, 0.2) is 30.5 Å². The van der Waals surface area contributed by atoms with Crippen molar-refractivity contribution in [3.05, 3.63) is 53.2 Å². The van der Waals surface area contributed by atoms with Gasteiger partial charge in [-0.05, 0) is 48.8 Å². The zero-order chi connectivity index (χ0) is 29.4. The van der Waals surface area contributed by atoms with E-state index in [4.69, 9.17) is 4.74 Å². The SMILES string of the molecule is CNC(=O)C1(C)CCC(C)(CNC(=O)c2cc(C(=O)NCc3ccc4c(c3)NC(=O)CO4)nc3c(F)cnn23)CC1. The highest BCUT2D eigenvalue weighted by molar-refractivity contribution is 5.98. The summed E-state index contributed by atoms with van der Waals surface area (Å²) in [6.07, 6.45) is 3.80. The number of anilines is 1. The standard InChI is InChI=1S/C28H32FN7O5/c1-27(6-8-28(2,9-7-27)26(40)30-3)15-32-25(39)20-11-19(35-23-17(29)13-33-36(20)23)24(38)31-12-16-4-5-21-18(10-16)34-22(37)14-41-21/h4-5,10-11,13H,6-9,12,14-15H2,1-3H3,(H,30,40)(H,31,38)(H,32,39)(H,34,37). The number of ether oxygens (including phenoxy) is 1. The molecule has 2 aromatic heterocycles. The van der Waals surface area contributed by atoms with Crippen LogP contribution < -0.4 is 26.0 Å². The van der Waals surface area contributed by atoms with Gasteiger partial charge in [0.05, 0.1) is 11.9 Å². The van der Waals surface area contributed by atoms with Crippen LogP contribution >= 0.6 is 0 Å². The fourth-order valence-corrected chi connectivity index (χ4v) is 5.22. The third-order valence-electron chi connectivity index (χ3n) is 8.04. The Hall–Kier alpha value is -4.55. The Morgan fingerprint density at radius 2 is 1.85 bits per heavy atom. The predicted molar refractivity (Wildman–Crippen MR) is 146 cm³/mol. The molecule has 0 unspecified atom stereocenters. The van der Waals surface area contributed by atoms with Crippen LogP contribution in [0.2, 0.25) is 0 Å². The first-order chi connectivity index (χ1) is 19.5. The van der Waals surface area contributed by atoms with Gasteiger partial charge in [-0.15, -0.1) is 0 Å². The molecular formula is C28H32FN7O5. The summed E-state index contributed by atoms with van der Waals surface area (Å²) in [6, 6.07) is 6.39. The van der Waals surface area contributed by atoms with E-state index in [0.29, 0.717) is 36.4 Å². The van der Waals surface area contributed by atoms with E-state index in [1.165, 1.54) is 6.07 Å². The van der Waals surface area contributed by atoms with Crippen LogP contribution in [-0.2, 0) is 16.1 Å². The van der Waals surface area contributed by atoms with Gasteiger partial charge in [0, 0.05) is 31.6 Å². The molecule has 13 heteroatoms. The van der Waals surface area contributed by atoms with Gasteiger partial charge in [0.1, 0.15) is 17.1 Å². The van der Waals surface area contributed by atoms with Crippen LogP contribution in [0.4, 0.5) is 10.1 Å². The summed E-state index contributed by atoms with van der Waals surface area (Å²) in [5.74, 6) is -1.65. The molecule has 1 aliphatic carbocycles. The molecule has 1 saturated carbocycles. The number of fused-ring (bicyclic) bond motifs is 2. The molecule has 4 N–H and O–H groups in total. The summed E-state index contributed by atoms with van der Waals surface area (Å²) in [6.45, 7) is 4.38. The van der Waals surface area contributed by atoms with Gasteiger partial charge in [-0.25, -0.2) is 13.9 Å². The number of hydrogen-bond donors (Lipinski definition) is 4.